The van der Waals surface area contributed by atoms with Crippen LogP contribution < -0.4 is 0 Å². The van der Waals surface area contributed by atoms with Crippen LogP contribution >= 0.6 is 0 Å². The average molecular weight is 402 g/mol. The number of aromatic amines is 1. The monoisotopic (exact) mass is 402 g/mol. The van der Waals surface area contributed by atoms with E-state index in [1.54, 1.807) is 43.5 Å². The molecule has 0 atom stereocenters. The van der Waals surface area contributed by atoms with Gasteiger partial charge in [0.15, 0.2) is 5.65 Å². The maximum absolute atomic E-state index is 12.7. The number of aromatic nitrogens is 4. The van der Waals surface area contributed by atoms with E-state index in [1.165, 1.54) is 7.11 Å². The molecular weight excluding hydrogens is 384 g/mol. The van der Waals surface area contributed by atoms with Gasteiger partial charge in [0, 0.05) is 11.8 Å². The van der Waals surface area contributed by atoms with Gasteiger partial charge in [-0.1, -0.05) is 18.2 Å². The fourth-order valence-corrected chi connectivity index (χ4v) is 3.13. The molecule has 0 radical (unpaired) electrons. The summed E-state index contributed by atoms with van der Waals surface area (Å²) in [5.74, 6) is -0.902. The predicted octanol–water partition coefficient (Wildman–Crippen LogP) is 3.65. The van der Waals surface area contributed by atoms with Gasteiger partial charge >= 0.3 is 11.9 Å². The number of ether oxygens (including phenoxy) is 2. The Hall–Kier alpha value is -4.07. The number of benzene rings is 1. The van der Waals surface area contributed by atoms with Crippen molar-refractivity contribution < 1.29 is 19.1 Å². The van der Waals surface area contributed by atoms with Crippen molar-refractivity contribution in [3.63, 3.8) is 0 Å². The number of hydrogen-bond acceptors (Lipinski definition) is 7. The molecule has 0 aliphatic rings. The zero-order chi connectivity index (χ0) is 21.1. The number of fused-ring (bicyclic) bond motifs is 1. The molecule has 3 aromatic heterocycles. The van der Waals surface area contributed by atoms with E-state index >= 15 is 0 Å². The lowest BCUT2D eigenvalue weighted by molar-refractivity contribution is 0.0527. The zero-order valence-electron chi connectivity index (χ0n) is 16.4. The smallest absolute Gasteiger partial charge is 0.339 e. The number of esters is 2. The Morgan fingerprint density at radius 3 is 2.50 bits per heavy atom. The summed E-state index contributed by atoms with van der Waals surface area (Å²) in [6.45, 7) is 1.99. The highest BCUT2D eigenvalue weighted by Crippen LogP contribution is 2.31. The molecule has 150 valence electrons. The highest BCUT2D eigenvalue weighted by atomic mass is 16.5. The molecular formula is C22H18N4O4. The van der Waals surface area contributed by atoms with Crippen molar-refractivity contribution in [2.75, 3.05) is 13.7 Å². The Morgan fingerprint density at radius 1 is 1.03 bits per heavy atom. The third-order valence-corrected chi connectivity index (χ3v) is 4.54. The van der Waals surface area contributed by atoms with Gasteiger partial charge in [-0.2, -0.15) is 5.10 Å². The van der Waals surface area contributed by atoms with Gasteiger partial charge in [0.1, 0.15) is 0 Å². The van der Waals surface area contributed by atoms with Crippen LogP contribution in [0.2, 0.25) is 0 Å². The largest absolute Gasteiger partial charge is 0.465 e. The number of methoxy groups -OCH3 is 1. The highest BCUT2D eigenvalue weighted by molar-refractivity contribution is 6.08. The summed E-state index contributed by atoms with van der Waals surface area (Å²) >= 11 is 0. The van der Waals surface area contributed by atoms with Crippen molar-refractivity contribution in [2.45, 2.75) is 6.92 Å². The fourth-order valence-electron chi connectivity index (χ4n) is 3.13. The predicted molar refractivity (Wildman–Crippen MR) is 110 cm³/mol. The van der Waals surface area contributed by atoms with Gasteiger partial charge in [0.05, 0.1) is 47.3 Å². The first kappa shape index (κ1) is 19.3. The SMILES string of the molecule is CCOC(=O)c1cc(-c2ccc(C(=O)OC)cc2)nc2n[nH]c(-c3ccccn3)c12. The average Bonchev–Trinajstić information content (AvgIpc) is 3.23. The van der Waals surface area contributed by atoms with Gasteiger partial charge in [-0.05, 0) is 37.3 Å². The normalized spacial score (nSPS) is 10.7. The second-order valence-electron chi connectivity index (χ2n) is 6.36. The number of carbonyl (C=O) groups excluding carboxylic acids is 2. The lowest BCUT2D eigenvalue weighted by Crippen LogP contribution is -2.07. The lowest BCUT2D eigenvalue weighted by Gasteiger charge is -2.08. The molecule has 0 spiro atoms. The van der Waals surface area contributed by atoms with Crippen LogP contribution in [0.15, 0.2) is 54.7 Å². The van der Waals surface area contributed by atoms with Crippen LogP contribution in [0.3, 0.4) is 0 Å². The minimum Gasteiger partial charge on any atom is -0.465 e. The summed E-state index contributed by atoms with van der Waals surface area (Å²) in [5, 5.41) is 7.76. The summed E-state index contributed by atoms with van der Waals surface area (Å²) in [4.78, 5) is 33.3. The topological polar surface area (TPSA) is 107 Å². The molecule has 1 N–H and O–H groups in total. The van der Waals surface area contributed by atoms with Crippen LogP contribution in [0.5, 0.6) is 0 Å². The second kappa shape index (κ2) is 8.12. The molecule has 0 saturated carbocycles. The summed E-state index contributed by atoms with van der Waals surface area (Å²) < 4.78 is 9.99. The third kappa shape index (κ3) is 3.50. The van der Waals surface area contributed by atoms with Gasteiger partial charge in [-0.15, -0.1) is 0 Å². The number of nitrogens with zero attached hydrogens (tertiary/aromatic N) is 3. The lowest BCUT2D eigenvalue weighted by atomic mass is 10.0. The number of rotatable bonds is 5. The van der Waals surface area contributed by atoms with E-state index in [0.717, 1.165) is 5.56 Å². The van der Waals surface area contributed by atoms with Crippen LogP contribution in [0.25, 0.3) is 33.7 Å². The van der Waals surface area contributed by atoms with E-state index in [-0.39, 0.29) is 6.61 Å². The summed E-state index contributed by atoms with van der Waals surface area (Å²) in [7, 11) is 1.33. The van der Waals surface area contributed by atoms with Crippen molar-refractivity contribution >= 4 is 23.0 Å². The van der Waals surface area contributed by atoms with Crippen molar-refractivity contribution in [2.24, 2.45) is 0 Å². The Balaban J connectivity index is 1.87. The van der Waals surface area contributed by atoms with E-state index in [1.807, 2.05) is 18.2 Å². The number of nitrogens with one attached hydrogen (secondary N) is 1. The quantitative estimate of drug-likeness (QED) is 0.508. The Morgan fingerprint density at radius 2 is 1.83 bits per heavy atom. The molecule has 0 aliphatic carbocycles. The highest BCUT2D eigenvalue weighted by Gasteiger charge is 2.21. The molecule has 0 bridgehead atoms. The number of pyridine rings is 2. The number of H-pyrrole nitrogens is 1. The van der Waals surface area contributed by atoms with Gasteiger partial charge in [0.2, 0.25) is 0 Å². The molecule has 3 heterocycles. The van der Waals surface area contributed by atoms with E-state index in [9.17, 15) is 9.59 Å². The summed E-state index contributed by atoms with van der Waals surface area (Å²) in [6.07, 6.45) is 1.66. The van der Waals surface area contributed by atoms with E-state index in [0.29, 0.717) is 39.2 Å². The van der Waals surface area contributed by atoms with Crippen LogP contribution in [0, 0.1) is 0 Å². The Bertz CT molecular complexity index is 1220. The van der Waals surface area contributed by atoms with Crippen molar-refractivity contribution in [1.29, 1.82) is 0 Å². The second-order valence-corrected chi connectivity index (χ2v) is 6.36. The molecule has 4 aromatic rings. The molecule has 0 saturated heterocycles. The van der Waals surface area contributed by atoms with Crippen molar-refractivity contribution in [1.82, 2.24) is 20.2 Å². The van der Waals surface area contributed by atoms with Gasteiger partial charge in [0.25, 0.3) is 0 Å². The van der Waals surface area contributed by atoms with Crippen LogP contribution in [0.1, 0.15) is 27.6 Å². The van der Waals surface area contributed by atoms with Gasteiger partial charge in [-0.3, -0.25) is 10.1 Å². The molecule has 30 heavy (non-hydrogen) atoms. The van der Waals surface area contributed by atoms with Gasteiger partial charge in [-0.25, -0.2) is 14.6 Å². The molecule has 4 rings (SSSR count). The summed E-state index contributed by atoms with van der Waals surface area (Å²) in [6, 6.07) is 13.9. The van der Waals surface area contributed by atoms with Crippen LogP contribution in [0.4, 0.5) is 0 Å². The third-order valence-electron chi connectivity index (χ3n) is 4.54. The number of carbonyl (C=O) groups is 2. The molecule has 8 nitrogen and oxygen atoms in total. The van der Waals surface area contributed by atoms with Crippen LogP contribution in [-0.4, -0.2) is 45.8 Å². The van der Waals surface area contributed by atoms with Crippen molar-refractivity contribution in [3.05, 3.63) is 65.9 Å². The first-order valence-electron chi connectivity index (χ1n) is 9.28. The van der Waals surface area contributed by atoms with E-state index in [2.05, 4.69) is 20.2 Å². The maximum Gasteiger partial charge on any atom is 0.339 e. The Kier molecular flexibility index (Phi) is 5.21. The minimum absolute atomic E-state index is 0.239. The minimum atomic E-state index is -0.476. The fraction of sp³-hybridized carbons (Fsp3) is 0.136. The van der Waals surface area contributed by atoms with Crippen molar-refractivity contribution in [3.8, 4) is 22.6 Å². The standard InChI is InChI=1S/C22H18N4O4/c1-3-30-22(28)15-12-17(13-7-9-14(10-8-13)21(27)29-2)24-20-18(15)19(25-26-20)16-6-4-5-11-23-16/h4-12H,3H2,1-2H3,(H,24,25,26). The van der Waals surface area contributed by atoms with Gasteiger partial charge < -0.3 is 9.47 Å². The maximum atomic E-state index is 12.7. The molecule has 0 amide bonds. The number of hydrogen-bond donors (Lipinski definition) is 1. The van der Waals surface area contributed by atoms with Crippen LogP contribution in [-0.2, 0) is 9.47 Å². The molecule has 0 unspecified atom stereocenters. The molecule has 1 aromatic carbocycles. The molecule has 0 fully saturated rings. The van der Waals surface area contributed by atoms with E-state index in [4.69, 9.17) is 9.47 Å². The Labute approximate surface area is 171 Å². The molecule has 8 heteroatoms. The zero-order valence-corrected chi connectivity index (χ0v) is 16.4. The first-order chi connectivity index (χ1) is 14.6. The first-order valence-corrected chi connectivity index (χ1v) is 9.28. The summed E-state index contributed by atoms with van der Waals surface area (Å²) in [5.41, 5.74) is 3.61. The molecule has 0 aliphatic heterocycles. The van der Waals surface area contributed by atoms with E-state index < -0.39 is 11.9 Å².